The first-order valence-corrected chi connectivity index (χ1v) is 7.18. The molecule has 0 aromatic carbocycles. The number of rotatable bonds is 2. The third kappa shape index (κ3) is 3.54. The zero-order valence-corrected chi connectivity index (χ0v) is 13.4. The van der Waals surface area contributed by atoms with Crippen LogP contribution in [0.15, 0.2) is 12.3 Å². The predicted octanol–water partition coefficient (Wildman–Crippen LogP) is 1.13. The topological polar surface area (TPSA) is 88.8 Å². The lowest BCUT2D eigenvalue weighted by molar-refractivity contribution is -0.202. The van der Waals surface area contributed by atoms with Gasteiger partial charge < -0.3 is 10.6 Å². The van der Waals surface area contributed by atoms with Crippen molar-refractivity contribution in [3.05, 3.63) is 17.8 Å². The van der Waals surface area contributed by atoms with Crippen molar-refractivity contribution in [3.63, 3.8) is 0 Å². The highest BCUT2D eigenvalue weighted by Gasteiger charge is 2.32. The van der Waals surface area contributed by atoms with Gasteiger partial charge in [0.2, 0.25) is 5.91 Å². The first kappa shape index (κ1) is 16.2. The van der Waals surface area contributed by atoms with E-state index in [0.29, 0.717) is 24.6 Å². The van der Waals surface area contributed by atoms with Crippen LogP contribution in [0.5, 0.6) is 0 Å². The molecule has 22 heavy (non-hydrogen) atoms. The number of aryl methyl sites for hydroxylation is 1. The van der Waals surface area contributed by atoms with Crippen LogP contribution >= 0.6 is 0 Å². The summed E-state index contributed by atoms with van der Waals surface area (Å²) in [6, 6.07) is 1.78. The minimum atomic E-state index is -0.602. The van der Waals surface area contributed by atoms with E-state index in [4.69, 9.17) is 10.6 Å². The average molecular weight is 306 g/mol. The molecule has 2 heterocycles. The van der Waals surface area contributed by atoms with Gasteiger partial charge in [-0.05, 0) is 39.3 Å². The van der Waals surface area contributed by atoms with E-state index in [2.05, 4.69) is 4.98 Å². The van der Waals surface area contributed by atoms with Crippen molar-refractivity contribution in [2.45, 2.75) is 27.7 Å². The summed E-state index contributed by atoms with van der Waals surface area (Å²) in [7, 11) is 0. The fourth-order valence-electron chi connectivity index (χ4n) is 2.08. The molecule has 1 fully saturated rings. The molecule has 2 N–H and O–H groups in total. The van der Waals surface area contributed by atoms with Crippen LogP contribution in [0.4, 0.5) is 11.5 Å². The minimum absolute atomic E-state index is 0.0211. The van der Waals surface area contributed by atoms with E-state index >= 15 is 0 Å². The van der Waals surface area contributed by atoms with Crippen molar-refractivity contribution in [2.75, 3.05) is 30.3 Å². The standard InChI is InChI=1S/C15H22N4O3/c1-10-7-11(16)8-17-13(10)19-6-5-18(9-12(19)20)22-14(21)15(2,3)4/h7-8H,5-6,9,16H2,1-4H3. The van der Waals surface area contributed by atoms with E-state index in [1.165, 1.54) is 11.3 Å². The van der Waals surface area contributed by atoms with Crippen LogP contribution in [0.3, 0.4) is 0 Å². The molecule has 0 atom stereocenters. The Balaban J connectivity index is 2.04. The predicted molar refractivity (Wildman–Crippen MR) is 82.9 cm³/mol. The van der Waals surface area contributed by atoms with Gasteiger partial charge in [-0.2, -0.15) is 0 Å². The van der Waals surface area contributed by atoms with Crippen LogP contribution in [-0.4, -0.2) is 41.6 Å². The van der Waals surface area contributed by atoms with Gasteiger partial charge in [0.15, 0.2) is 0 Å². The monoisotopic (exact) mass is 306 g/mol. The van der Waals surface area contributed by atoms with Crippen molar-refractivity contribution in [1.82, 2.24) is 10.0 Å². The van der Waals surface area contributed by atoms with Gasteiger partial charge in [0.25, 0.3) is 0 Å². The molecule has 1 aromatic heterocycles. The van der Waals surface area contributed by atoms with E-state index < -0.39 is 5.41 Å². The van der Waals surface area contributed by atoms with Crippen molar-refractivity contribution in [1.29, 1.82) is 0 Å². The minimum Gasteiger partial charge on any atom is -0.397 e. The first-order valence-electron chi connectivity index (χ1n) is 7.18. The maximum atomic E-state index is 12.3. The Morgan fingerprint density at radius 3 is 2.59 bits per heavy atom. The summed E-state index contributed by atoms with van der Waals surface area (Å²) in [5.74, 6) is 0.0878. The van der Waals surface area contributed by atoms with Crippen molar-refractivity contribution in [2.24, 2.45) is 5.41 Å². The second-order valence-corrected chi connectivity index (χ2v) is 6.45. The third-order valence-corrected chi connectivity index (χ3v) is 3.34. The zero-order valence-electron chi connectivity index (χ0n) is 13.4. The molecule has 1 saturated heterocycles. The molecule has 120 valence electrons. The fourth-order valence-corrected chi connectivity index (χ4v) is 2.08. The van der Waals surface area contributed by atoms with E-state index in [1.807, 2.05) is 6.92 Å². The lowest BCUT2D eigenvalue weighted by atomic mass is 9.98. The summed E-state index contributed by atoms with van der Waals surface area (Å²) in [6.07, 6.45) is 1.53. The Hall–Kier alpha value is -2.15. The number of aromatic nitrogens is 1. The van der Waals surface area contributed by atoms with Gasteiger partial charge in [0.05, 0.1) is 23.8 Å². The largest absolute Gasteiger partial charge is 0.397 e. The number of nitrogen functional groups attached to an aromatic ring is 1. The lowest BCUT2D eigenvalue weighted by Gasteiger charge is -2.34. The normalized spacial score (nSPS) is 16.7. The van der Waals surface area contributed by atoms with E-state index in [9.17, 15) is 9.59 Å². The number of nitrogens with zero attached hydrogens (tertiary/aromatic N) is 3. The molecule has 7 nitrogen and oxygen atoms in total. The Labute approximate surface area is 130 Å². The number of hydrogen-bond donors (Lipinski definition) is 1. The van der Waals surface area contributed by atoms with Gasteiger partial charge in [-0.1, -0.05) is 0 Å². The molecular formula is C15H22N4O3. The number of anilines is 2. The number of amides is 1. The fraction of sp³-hybridized carbons (Fsp3) is 0.533. The second kappa shape index (κ2) is 5.92. The summed E-state index contributed by atoms with van der Waals surface area (Å²) in [5.41, 5.74) is 6.48. The summed E-state index contributed by atoms with van der Waals surface area (Å²) in [6.45, 7) is 8.05. The number of piperazine rings is 1. The summed E-state index contributed by atoms with van der Waals surface area (Å²) in [4.78, 5) is 35.3. The number of carbonyl (C=O) groups is 2. The number of carbonyl (C=O) groups excluding carboxylic acids is 2. The molecule has 0 saturated carbocycles. The molecule has 1 aliphatic rings. The molecule has 0 unspecified atom stereocenters. The number of hydrogen-bond acceptors (Lipinski definition) is 6. The molecule has 1 aliphatic heterocycles. The van der Waals surface area contributed by atoms with E-state index in [-0.39, 0.29) is 18.4 Å². The van der Waals surface area contributed by atoms with Crippen LogP contribution < -0.4 is 10.6 Å². The highest BCUT2D eigenvalue weighted by atomic mass is 16.7. The maximum absolute atomic E-state index is 12.3. The van der Waals surface area contributed by atoms with Crippen molar-refractivity contribution >= 4 is 23.4 Å². The van der Waals surface area contributed by atoms with Crippen LogP contribution in [0, 0.1) is 12.3 Å². The van der Waals surface area contributed by atoms with Gasteiger partial charge in [-0.3, -0.25) is 9.69 Å². The average Bonchev–Trinajstić information content (AvgIpc) is 2.39. The highest BCUT2D eigenvalue weighted by Crippen LogP contribution is 2.22. The van der Waals surface area contributed by atoms with Gasteiger partial charge >= 0.3 is 5.97 Å². The van der Waals surface area contributed by atoms with E-state index in [0.717, 1.165) is 5.56 Å². The Bertz CT molecular complexity index is 595. The Morgan fingerprint density at radius 1 is 1.36 bits per heavy atom. The molecule has 1 amide bonds. The zero-order chi connectivity index (χ0) is 16.5. The van der Waals surface area contributed by atoms with E-state index in [1.54, 1.807) is 31.7 Å². The molecule has 0 radical (unpaired) electrons. The SMILES string of the molecule is Cc1cc(N)cnc1N1CCN(OC(=O)C(C)(C)C)CC1=O. The number of hydroxylamine groups is 2. The molecular weight excluding hydrogens is 284 g/mol. The lowest BCUT2D eigenvalue weighted by Crippen LogP contribution is -2.52. The van der Waals surface area contributed by atoms with Crippen LogP contribution in [0.25, 0.3) is 0 Å². The third-order valence-electron chi connectivity index (χ3n) is 3.34. The second-order valence-electron chi connectivity index (χ2n) is 6.45. The molecule has 1 aromatic rings. The first-order chi connectivity index (χ1) is 10.2. The maximum Gasteiger partial charge on any atom is 0.330 e. The molecule has 0 aliphatic carbocycles. The van der Waals surface area contributed by atoms with Gasteiger partial charge in [0, 0.05) is 6.54 Å². The number of pyridine rings is 1. The van der Waals surface area contributed by atoms with Crippen LogP contribution in [0.2, 0.25) is 0 Å². The van der Waals surface area contributed by atoms with Crippen LogP contribution in [-0.2, 0) is 14.4 Å². The van der Waals surface area contributed by atoms with Crippen molar-refractivity contribution < 1.29 is 14.4 Å². The van der Waals surface area contributed by atoms with Gasteiger partial charge in [-0.25, -0.2) is 9.78 Å². The van der Waals surface area contributed by atoms with Crippen molar-refractivity contribution in [3.8, 4) is 0 Å². The molecule has 0 bridgehead atoms. The van der Waals surface area contributed by atoms with Gasteiger partial charge in [-0.15, -0.1) is 5.06 Å². The molecule has 2 rings (SSSR count). The number of nitrogens with two attached hydrogens (primary N) is 1. The summed E-state index contributed by atoms with van der Waals surface area (Å²) >= 11 is 0. The Morgan fingerprint density at radius 2 is 2.05 bits per heavy atom. The smallest absolute Gasteiger partial charge is 0.330 e. The summed E-state index contributed by atoms with van der Waals surface area (Å²) in [5, 5.41) is 1.40. The summed E-state index contributed by atoms with van der Waals surface area (Å²) < 4.78 is 0. The molecule has 7 heteroatoms. The Kier molecular flexibility index (Phi) is 4.37. The van der Waals surface area contributed by atoms with Crippen LogP contribution in [0.1, 0.15) is 26.3 Å². The molecule has 0 spiro atoms. The van der Waals surface area contributed by atoms with Gasteiger partial charge in [0.1, 0.15) is 12.4 Å². The quantitative estimate of drug-likeness (QED) is 0.881. The highest BCUT2D eigenvalue weighted by molar-refractivity contribution is 5.95.